The summed E-state index contributed by atoms with van der Waals surface area (Å²) in [5, 5.41) is 6.23. The first-order valence-corrected chi connectivity index (χ1v) is 8.76. The van der Waals surface area contributed by atoms with Crippen molar-refractivity contribution in [2.75, 3.05) is 23.0 Å². The number of halogens is 1. The van der Waals surface area contributed by atoms with Crippen LogP contribution in [0.15, 0.2) is 40.9 Å². The Morgan fingerprint density at radius 1 is 1.29 bits per heavy atom. The Balaban J connectivity index is 1.85. The molecule has 0 saturated heterocycles. The first-order valence-electron chi connectivity index (χ1n) is 7.96. The summed E-state index contributed by atoms with van der Waals surface area (Å²) in [4.78, 5) is 12.6. The van der Waals surface area contributed by atoms with Crippen molar-refractivity contribution in [1.29, 1.82) is 0 Å². The number of anilines is 3. The second-order valence-electron chi connectivity index (χ2n) is 5.75. The topological polar surface area (TPSA) is 76.4 Å². The van der Waals surface area contributed by atoms with Crippen molar-refractivity contribution in [2.24, 2.45) is 0 Å². The molecule has 5 nitrogen and oxygen atoms in total. The third kappa shape index (κ3) is 4.00. The lowest BCUT2D eigenvalue weighted by atomic mass is 10.1. The van der Waals surface area contributed by atoms with E-state index in [-0.39, 0.29) is 5.91 Å². The summed E-state index contributed by atoms with van der Waals surface area (Å²) >= 11 is 3.37. The molecule has 2 aromatic rings. The predicted octanol–water partition coefficient (Wildman–Crippen LogP) is 4.26. The Morgan fingerprint density at radius 2 is 2.00 bits per heavy atom. The molecule has 0 atom stereocenters. The van der Waals surface area contributed by atoms with Crippen molar-refractivity contribution in [1.82, 2.24) is 0 Å². The van der Waals surface area contributed by atoms with E-state index in [2.05, 4.69) is 26.6 Å². The maximum atomic E-state index is 12.6. The number of hydrogen-bond donors (Lipinski definition) is 3. The van der Waals surface area contributed by atoms with Gasteiger partial charge in [-0.2, -0.15) is 0 Å². The summed E-state index contributed by atoms with van der Waals surface area (Å²) in [6.45, 7) is 2.37. The van der Waals surface area contributed by atoms with Crippen LogP contribution in [0, 0.1) is 0 Å². The molecule has 0 radical (unpaired) electrons. The van der Waals surface area contributed by atoms with E-state index < -0.39 is 0 Å². The quantitative estimate of drug-likeness (QED) is 0.645. The smallest absolute Gasteiger partial charge is 0.259 e. The Hall–Kier alpha value is -2.21. The second-order valence-corrected chi connectivity index (χ2v) is 6.66. The molecule has 0 bridgehead atoms. The van der Waals surface area contributed by atoms with Crippen LogP contribution in [0.3, 0.4) is 0 Å². The monoisotopic (exact) mass is 389 g/mol. The van der Waals surface area contributed by atoms with Gasteiger partial charge in [-0.3, -0.25) is 4.79 Å². The van der Waals surface area contributed by atoms with E-state index in [4.69, 9.17) is 10.5 Å². The van der Waals surface area contributed by atoms with Gasteiger partial charge in [-0.25, -0.2) is 0 Å². The van der Waals surface area contributed by atoms with Gasteiger partial charge in [0.25, 0.3) is 5.91 Å². The Morgan fingerprint density at radius 3 is 2.62 bits per heavy atom. The van der Waals surface area contributed by atoms with E-state index in [0.29, 0.717) is 35.3 Å². The molecule has 126 valence electrons. The molecule has 0 aliphatic heterocycles. The third-order valence-corrected chi connectivity index (χ3v) is 4.26. The highest BCUT2D eigenvalue weighted by molar-refractivity contribution is 9.10. The maximum Gasteiger partial charge on any atom is 0.259 e. The van der Waals surface area contributed by atoms with Gasteiger partial charge in [0.2, 0.25) is 0 Å². The van der Waals surface area contributed by atoms with Crippen LogP contribution in [-0.2, 0) is 0 Å². The van der Waals surface area contributed by atoms with Crippen molar-refractivity contribution in [3.05, 3.63) is 46.4 Å². The number of rotatable bonds is 6. The summed E-state index contributed by atoms with van der Waals surface area (Å²) in [5.41, 5.74) is 8.62. The molecule has 1 saturated carbocycles. The van der Waals surface area contributed by atoms with Crippen molar-refractivity contribution >= 4 is 38.9 Å². The van der Waals surface area contributed by atoms with Crippen LogP contribution in [0.5, 0.6) is 5.75 Å². The number of amides is 1. The minimum atomic E-state index is -0.245. The van der Waals surface area contributed by atoms with Crippen molar-refractivity contribution in [3.63, 3.8) is 0 Å². The van der Waals surface area contributed by atoms with Crippen molar-refractivity contribution in [3.8, 4) is 5.75 Å². The number of benzene rings is 2. The Labute approximate surface area is 149 Å². The standard InChI is InChI=1S/C18H20BrN3O2/c1-2-24-17-10-16(21-12-7-8-12)15(20)9-14(17)18(23)22-13-5-3-11(19)4-6-13/h3-6,9-10,12,21H,2,7-8,20H2,1H3,(H,22,23). The fourth-order valence-electron chi connectivity index (χ4n) is 2.35. The lowest BCUT2D eigenvalue weighted by Gasteiger charge is -2.15. The number of nitrogens with two attached hydrogens (primary N) is 1. The van der Waals surface area contributed by atoms with Gasteiger partial charge in [0.15, 0.2) is 0 Å². The van der Waals surface area contributed by atoms with Crippen LogP contribution in [0.1, 0.15) is 30.1 Å². The zero-order valence-corrected chi connectivity index (χ0v) is 15.0. The average molecular weight is 390 g/mol. The Kier molecular flexibility index (Phi) is 4.94. The van der Waals surface area contributed by atoms with Gasteiger partial charge >= 0.3 is 0 Å². The summed E-state index contributed by atoms with van der Waals surface area (Å²) in [7, 11) is 0. The molecule has 24 heavy (non-hydrogen) atoms. The van der Waals surface area contributed by atoms with Gasteiger partial charge < -0.3 is 21.1 Å². The van der Waals surface area contributed by atoms with Crippen molar-refractivity contribution in [2.45, 2.75) is 25.8 Å². The van der Waals surface area contributed by atoms with Crippen LogP contribution in [0.4, 0.5) is 17.1 Å². The minimum Gasteiger partial charge on any atom is -0.493 e. The fourth-order valence-corrected chi connectivity index (χ4v) is 2.62. The molecule has 1 fully saturated rings. The van der Waals surface area contributed by atoms with Crippen LogP contribution >= 0.6 is 15.9 Å². The van der Waals surface area contributed by atoms with Crippen LogP contribution in [0.2, 0.25) is 0 Å². The molecule has 1 amide bonds. The molecule has 0 spiro atoms. The third-order valence-electron chi connectivity index (χ3n) is 3.74. The molecule has 2 aromatic carbocycles. The summed E-state index contributed by atoms with van der Waals surface area (Å²) in [6.07, 6.45) is 2.30. The van der Waals surface area contributed by atoms with Crippen LogP contribution in [-0.4, -0.2) is 18.6 Å². The SMILES string of the molecule is CCOc1cc(NC2CC2)c(N)cc1C(=O)Nc1ccc(Br)cc1. The number of carbonyl (C=O) groups is 1. The normalized spacial score (nSPS) is 13.4. The molecular weight excluding hydrogens is 370 g/mol. The largest absolute Gasteiger partial charge is 0.493 e. The van der Waals surface area contributed by atoms with E-state index >= 15 is 0 Å². The van der Waals surface area contributed by atoms with Gasteiger partial charge in [0.05, 0.1) is 23.5 Å². The maximum absolute atomic E-state index is 12.6. The first-order chi connectivity index (χ1) is 11.6. The van der Waals surface area contributed by atoms with Crippen LogP contribution < -0.4 is 21.1 Å². The lowest BCUT2D eigenvalue weighted by molar-refractivity contribution is 0.102. The lowest BCUT2D eigenvalue weighted by Crippen LogP contribution is -2.15. The number of hydrogen-bond acceptors (Lipinski definition) is 4. The molecular formula is C18H20BrN3O2. The van der Waals surface area contributed by atoms with E-state index in [1.807, 2.05) is 37.3 Å². The van der Waals surface area contributed by atoms with Gasteiger partial charge in [0, 0.05) is 22.3 Å². The highest BCUT2D eigenvalue weighted by Crippen LogP contribution is 2.34. The number of carbonyl (C=O) groups excluding carboxylic acids is 1. The zero-order valence-electron chi connectivity index (χ0n) is 13.4. The predicted molar refractivity (Wildman–Crippen MR) is 101 cm³/mol. The van der Waals surface area contributed by atoms with E-state index in [0.717, 1.165) is 23.0 Å². The van der Waals surface area contributed by atoms with Crippen LogP contribution in [0.25, 0.3) is 0 Å². The molecule has 6 heteroatoms. The Bertz CT molecular complexity index is 743. The molecule has 1 aliphatic rings. The zero-order chi connectivity index (χ0) is 17.1. The summed E-state index contributed by atoms with van der Waals surface area (Å²) in [6, 6.07) is 11.4. The summed E-state index contributed by atoms with van der Waals surface area (Å²) in [5.74, 6) is 0.287. The molecule has 0 unspecified atom stereocenters. The van der Waals surface area contributed by atoms with Gasteiger partial charge in [-0.05, 0) is 50.1 Å². The van der Waals surface area contributed by atoms with Gasteiger partial charge in [-0.15, -0.1) is 0 Å². The number of nitrogen functional groups attached to an aromatic ring is 1. The van der Waals surface area contributed by atoms with E-state index in [1.165, 1.54) is 0 Å². The molecule has 4 N–H and O–H groups in total. The van der Waals surface area contributed by atoms with E-state index in [9.17, 15) is 4.79 Å². The highest BCUT2D eigenvalue weighted by atomic mass is 79.9. The fraction of sp³-hybridized carbons (Fsp3) is 0.278. The number of ether oxygens (including phenoxy) is 1. The highest BCUT2D eigenvalue weighted by Gasteiger charge is 2.23. The number of nitrogens with one attached hydrogen (secondary N) is 2. The second kappa shape index (κ2) is 7.13. The first kappa shape index (κ1) is 16.6. The van der Waals surface area contributed by atoms with Gasteiger partial charge in [0.1, 0.15) is 5.75 Å². The molecule has 3 rings (SSSR count). The average Bonchev–Trinajstić information content (AvgIpc) is 3.36. The minimum absolute atomic E-state index is 0.245. The molecule has 0 heterocycles. The van der Waals surface area contributed by atoms with E-state index in [1.54, 1.807) is 6.07 Å². The van der Waals surface area contributed by atoms with Crippen molar-refractivity contribution < 1.29 is 9.53 Å². The van der Waals surface area contributed by atoms with Gasteiger partial charge in [-0.1, -0.05) is 15.9 Å². The molecule has 1 aliphatic carbocycles. The summed E-state index contributed by atoms with van der Waals surface area (Å²) < 4.78 is 6.60. The molecule has 0 aromatic heterocycles.